The van der Waals surface area contributed by atoms with E-state index in [1.165, 1.54) is 16.3 Å². The van der Waals surface area contributed by atoms with Gasteiger partial charge in [0.05, 0.1) is 7.11 Å². The van der Waals surface area contributed by atoms with Gasteiger partial charge in [0, 0.05) is 29.6 Å². The smallest absolute Gasteiger partial charge is 0.227 e. The van der Waals surface area contributed by atoms with E-state index in [1.54, 1.807) is 7.11 Å². The van der Waals surface area contributed by atoms with Crippen LogP contribution in [-0.2, 0) is 11.4 Å². The van der Waals surface area contributed by atoms with E-state index in [2.05, 4.69) is 30.3 Å². The highest BCUT2D eigenvalue weighted by Gasteiger charge is 2.33. The molecule has 4 aromatic rings. The van der Waals surface area contributed by atoms with Gasteiger partial charge in [-0.05, 0) is 64.7 Å². The number of benzene rings is 4. The number of carbonyl (C=O) groups excluding carboxylic acids is 1. The number of methoxy groups -OCH3 is 1. The molecule has 34 heavy (non-hydrogen) atoms. The van der Waals surface area contributed by atoms with Crippen molar-refractivity contribution in [2.45, 2.75) is 25.9 Å². The van der Waals surface area contributed by atoms with Gasteiger partial charge in [-0.1, -0.05) is 60.1 Å². The summed E-state index contributed by atoms with van der Waals surface area (Å²) in [5.74, 6) is 1.39. The Morgan fingerprint density at radius 3 is 2.53 bits per heavy atom. The van der Waals surface area contributed by atoms with E-state index in [9.17, 15) is 4.79 Å². The molecule has 5 rings (SSSR count). The number of nitrogens with zero attached hydrogens (tertiary/aromatic N) is 1. The van der Waals surface area contributed by atoms with Crippen molar-refractivity contribution in [2.24, 2.45) is 0 Å². The second-order valence-electron chi connectivity index (χ2n) is 8.44. The fourth-order valence-corrected chi connectivity index (χ4v) is 4.93. The Morgan fingerprint density at radius 2 is 1.76 bits per heavy atom. The van der Waals surface area contributed by atoms with Crippen LogP contribution in [0.25, 0.3) is 10.8 Å². The molecule has 172 valence electrons. The van der Waals surface area contributed by atoms with Crippen LogP contribution in [0.1, 0.15) is 36.0 Å². The summed E-state index contributed by atoms with van der Waals surface area (Å²) in [6.45, 7) is 3.08. The molecule has 1 unspecified atom stereocenters. The van der Waals surface area contributed by atoms with Crippen LogP contribution >= 0.6 is 11.6 Å². The zero-order chi connectivity index (χ0) is 23.7. The minimum Gasteiger partial charge on any atom is -0.493 e. The minimum absolute atomic E-state index is 0.0596. The first kappa shape index (κ1) is 22.3. The van der Waals surface area contributed by atoms with Crippen LogP contribution in [-0.4, -0.2) is 19.6 Å². The van der Waals surface area contributed by atoms with Crippen LogP contribution in [0.5, 0.6) is 11.5 Å². The lowest BCUT2D eigenvalue weighted by atomic mass is 9.81. The number of fused-ring (bicyclic) bond motifs is 3. The predicted octanol–water partition coefficient (Wildman–Crippen LogP) is 6.97. The maximum atomic E-state index is 13.1. The van der Waals surface area contributed by atoms with E-state index in [4.69, 9.17) is 21.1 Å². The Balaban J connectivity index is 1.53. The molecule has 0 saturated heterocycles. The van der Waals surface area contributed by atoms with Crippen molar-refractivity contribution in [3.05, 3.63) is 101 Å². The molecule has 4 aromatic carbocycles. The summed E-state index contributed by atoms with van der Waals surface area (Å²) in [5.41, 5.74) is 4.24. The van der Waals surface area contributed by atoms with Gasteiger partial charge < -0.3 is 14.4 Å². The van der Waals surface area contributed by atoms with Crippen molar-refractivity contribution in [3.63, 3.8) is 0 Å². The predicted molar refractivity (Wildman–Crippen MR) is 137 cm³/mol. The molecule has 1 aliphatic rings. The minimum atomic E-state index is -0.0596. The molecule has 4 nitrogen and oxygen atoms in total. The van der Waals surface area contributed by atoms with Crippen molar-refractivity contribution in [1.29, 1.82) is 0 Å². The molecule has 0 aromatic heterocycles. The number of hydrogen-bond acceptors (Lipinski definition) is 3. The maximum Gasteiger partial charge on any atom is 0.227 e. The quantitative estimate of drug-likeness (QED) is 0.305. The molecule has 0 saturated carbocycles. The number of halogens is 1. The average Bonchev–Trinajstić information content (AvgIpc) is 2.87. The highest BCUT2D eigenvalue weighted by Crippen LogP contribution is 2.45. The number of ether oxygens (including phenoxy) is 2. The van der Waals surface area contributed by atoms with E-state index >= 15 is 0 Å². The zero-order valence-electron chi connectivity index (χ0n) is 19.3. The lowest BCUT2D eigenvalue weighted by Gasteiger charge is -2.35. The van der Waals surface area contributed by atoms with Crippen LogP contribution in [0.15, 0.2) is 78.9 Å². The summed E-state index contributed by atoms with van der Waals surface area (Å²) in [7, 11) is 1.64. The van der Waals surface area contributed by atoms with Crippen molar-refractivity contribution < 1.29 is 14.3 Å². The van der Waals surface area contributed by atoms with Gasteiger partial charge in [0.1, 0.15) is 6.61 Å². The lowest BCUT2D eigenvalue weighted by molar-refractivity contribution is -0.119. The van der Waals surface area contributed by atoms with Crippen LogP contribution in [0.3, 0.4) is 0 Å². The third-order valence-electron chi connectivity index (χ3n) is 6.48. The van der Waals surface area contributed by atoms with Gasteiger partial charge in [-0.25, -0.2) is 0 Å². The molecular weight excluding hydrogens is 446 g/mol. The average molecular weight is 472 g/mol. The monoisotopic (exact) mass is 471 g/mol. The van der Waals surface area contributed by atoms with Crippen molar-refractivity contribution in [3.8, 4) is 11.5 Å². The third kappa shape index (κ3) is 4.10. The van der Waals surface area contributed by atoms with Gasteiger partial charge in [0.25, 0.3) is 0 Å². The molecule has 5 heteroatoms. The molecule has 1 amide bonds. The molecule has 1 heterocycles. The van der Waals surface area contributed by atoms with Gasteiger partial charge >= 0.3 is 0 Å². The molecule has 0 radical (unpaired) electrons. The van der Waals surface area contributed by atoms with Crippen molar-refractivity contribution in [2.75, 3.05) is 18.6 Å². The fourth-order valence-electron chi connectivity index (χ4n) is 4.80. The van der Waals surface area contributed by atoms with Gasteiger partial charge in [-0.15, -0.1) is 0 Å². The SMILES string of the molecule is CCN1C(=O)CC(c2ccc(OCc3ccc(Cl)cc3)c(OC)c2)c2c1ccc1ccccc21. The van der Waals surface area contributed by atoms with Gasteiger partial charge in [-0.3, -0.25) is 4.79 Å². The summed E-state index contributed by atoms with van der Waals surface area (Å²) in [6, 6.07) is 26.1. The molecule has 0 aliphatic carbocycles. The fraction of sp³-hybridized carbons (Fsp3) is 0.207. The molecule has 1 atom stereocenters. The Morgan fingerprint density at radius 1 is 0.971 bits per heavy atom. The van der Waals surface area contributed by atoms with Gasteiger partial charge in [0.15, 0.2) is 11.5 Å². The highest BCUT2D eigenvalue weighted by molar-refractivity contribution is 6.30. The molecule has 1 aliphatic heterocycles. The summed E-state index contributed by atoms with van der Waals surface area (Å²) < 4.78 is 11.7. The summed E-state index contributed by atoms with van der Waals surface area (Å²) >= 11 is 5.98. The standard InChI is InChI=1S/C29H26ClNO3/c1-3-31-25-14-10-20-6-4-5-7-23(20)29(25)24(17-28(31)32)21-11-15-26(27(16-21)33-2)34-18-19-8-12-22(30)13-9-19/h4-16,24H,3,17-18H2,1-2H3. The number of hydrogen-bond donors (Lipinski definition) is 0. The third-order valence-corrected chi connectivity index (χ3v) is 6.73. The second-order valence-corrected chi connectivity index (χ2v) is 8.88. The second kappa shape index (κ2) is 9.40. The lowest BCUT2D eigenvalue weighted by Crippen LogP contribution is -2.36. The van der Waals surface area contributed by atoms with Crippen molar-refractivity contribution in [1.82, 2.24) is 0 Å². The Hall–Kier alpha value is -3.50. The van der Waals surface area contributed by atoms with Crippen LogP contribution in [0.2, 0.25) is 5.02 Å². The van der Waals surface area contributed by atoms with Crippen LogP contribution in [0, 0.1) is 0 Å². The van der Waals surface area contributed by atoms with E-state index < -0.39 is 0 Å². The Kier molecular flexibility index (Phi) is 6.16. The Bertz CT molecular complexity index is 1350. The van der Waals surface area contributed by atoms with Gasteiger partial charge in [-0.2, -0.15) is 0 Å². The van der Waals surface area contributed by atoms with Crippen LogP contribution < -0.4 is 14.4 Å². The normalized spacial score (nSPS) is 15.3. The zero-order valence-corrected chi connectivity index (χ0v) is 20.0. The van der Waals surface area contributed by atoms with E-state index in [0.717, 1.165) is 16.8 Å². The first-order valence-corrected chi connectivity index (χ1v) is 11.8. The number of carbonyl (C=O) groups is 1. The molecule has 0 fully saturated rings. The van der Waals surface area contributed by atoms with Crippen molar-refractivity contribution >= 4 is 34.0 Å². The van der Waals surface area contributed by atoms with E-state index in [-0.39, 0.29) is 11.8 Å². The number of amides is 1. The summed E-state index contributed by atoms with van der Waals surface area (Å²) in [4.78, 5) is 15.0. The Labute approximate surface area is 204 Å². The highest BCUT2D eigenvalue weighted by atomic mass is 35.5. The van der Waals surface area contributed by atoms with E-state index in [1.807, 2.05) is 60.4 Å². The first-order valence-electron chi connectivity index (χ1n) is 11.5. The largest absolute Gasteiger partial charge is 0.493 e. The van der Waals surface area contributed by atoms with Crippen LogP contribution in [0.4, 0.5) is 5.69 Å². The van der Waals surface area contributed by atoms with Gasteiger partial charge in [0.2, 0.25) is 5.91 Å². The number of anilines is 1. The number of rotatable bonds is 6. The molecule has 0 N–H and O–H groups in total. The molecule has 0 spiro atoms. The first-order chi connectivity index (χ1) is 16.6. The molecule has 0 bridgehead atoms. The summed E-state index contributed by atoms with van der Waals surface area (Å²) in [5, 5.41) is 3.05. The van der Waals surface area contributed by atoms with E-state index in [0.29, 0.717) is 36.1 Å². The topological polar surface area (TPSA) is 38.8 Å². The summed E-state index contributed by atoms with van der Waals surface area (Å²) in [6.07, 6.45) is 0.420. The molecular formula is C29H26ClNO3. The maximum absolute atomic E-state index is 13.1.